The molecule has 2 aromatic rings. The molecule has 1 amide bonds. The van der Waals surface area contributed by atoms with Gasteiger partial charge in [0.05, 0.1) is 31.3 Å². The second kappa shape index (κ2) is 9.51. The van der Waals surface area contributed by atoms with E-state index < -0.39 is 12.1 Å². The summed E-state index contributed by atoms with van der Waals surface area (Å²) >= 11 is 0. The number of benzene rings is 1. The number of nitriles is 1. The van der Waals surface area contributed by atoms with Gasteiger partial charge in [-0.2, -0.15) is 5.26 Å². The van der Waals surface area contributed by atoms with E-state index in [2.05, 4.69) is 21.3 Å². The van der Waals surface area contributed by atoms with Gasteiger partial charge >= 0.3 is 12.1 Å². The average Bonchev–Trinajstić information content (AvgIpc) is 3.39. The molecule has 10 heteroatoms. The molecule has 166 valence electrons. The van der Waals surface area contributed by atoms with Crippen molar-refractivity contribution in [3.8, 4) is 6.07 Å². The Hall–Kier alpha value is -3.87. The first-order valence-corrected chi connectivity index (χ1v) is 10.5. The number of anilines is 2. The summed E-state index contributed by atoms with van der Waals surface area (Å²) < 4.78 is 7.06. The number of piperidine rings is 1. The van der Waals surface area contributed by atoms with Crippen LogP contribution in [0.2, 0.25) is 0 Å². The highest BCUT2D eigenvalue weighted by Gasteiger charge is 2.33. The van der Waals surface area contributed by atoms with E-state index in [9.17, 15) is 9.59 Å². The van der Waals surface area contributed by atoms with Crippen LogP contribution in [0, 0.1) is 11.3 Å². The monoisotopic (exact) mass is 436 g/mol. The summed E-state index contributed by atoms with van der Waals surface area (Å²) in [6.45, 7) is 2.49. The van der Waals surface area contributed by atoms with Crippen LogP contribution in [-0.2, 0) is 22.5 Å². The number of carbonyl (C=O) groups is 2. The van der Waals surface area contributed by atoms with Crippen LogP contribution < -0.4 is 9.80 Å². The number of carbonyl (C=O) groups excluding carboxylic acids is 1. The highest BCUT2D eigenvalue weighted by molar-refractivity contribution is 5.90. The van der Waals surface area contributed by atoms with Crippen molar-refractivity contribution < 1.29 is 19.4 Å². The van der Waals surface area contributed by atoms with Crippen LogP contribution in [0.4, 0.5) is 16.2 Å². The molecule has 4 rings (SSSR count). The summed E-state index contributed by atoms with van der Waals surface area (Å²) in [5.74, 6) is -0.883. The Labute approximate surface area is 185 Å². The topological polar surface area (TPSA) is 125 Å². The first-order chi connectivity index (χ1) is 15.5. The highest BCUT2D eigenvalue weighted by Crippen LogP contribution is 2.27. The minimum absolute atomic E-state index is 0.00393. The molecular weight excluding hydrogens is 412 g/mol. The van der Waals surface area contributed by atoms with Gasteiger partial charge in [-0.3, -0.25) is 9.69 Å². The SMILES string of the molecule is N#CC=C1CCN(c2ccc(N3C[C@@H](Cn4cc(CCC(=O)O)nn4)OC3=O)cc2)CC1. The van der Waals surface area contributed by atoms with Crippen LogP contribution in [0.1, 0.15) is 25.0 Å². The van der Waals surface area contributed by atoms with Crippen LogP contribution in [0.15, 0.2) is 42.1 Å². The number of rotatable bonds is 7. The molecule has 32 heavy (non-hydrogen) atoms. The fourth-order valence-corrected chi connectivity index (χ4v) is 3.94. The summed E-state index contributed by atoms with van der Waals surface area (Å²) in [6, 6.07) is 9.94. The quantitative estimate of drug-likeness (QED) is 0.656. The largest absolute Gasteiger partial charge is 0.481 e. The maximum atomic E-state index is 12.4. The van der Waals surface area contributed by atoms with E-state index in [4.69, 9.17) is 15.1 Å². The Kier molecular flexibility index (Phi) is 6.35. The molecule has 0 radical (unpaired) electrons. The van der Waals surface area contributed by atoms with Crippen molar-refractivity contribution in [2.24, 2.45) is 0 Å². The van der Waals surface area contributed by atoms with E-state index in [1.165, 1.54) is 5.57 Å². The van der Waals surface area contributed by atoms with E-state index >= 15 is 0 Å². The van der Waals surface area contributed by atoms with Gasteiger partial charge in [0.25, 0.3) is 0 Å². The van der Waals surface area contributed by atoms with Gasteiger partial charge < -0.3 is 14.7 Å². The molecule has 0 unspecified atom stereocenters. The van der Waals surface area contributed by atoms with E-state index in [0.29, 0.717) is 25.2 Å². The Balaban J connectivity index is 1.33. The minimum atomic E-state index is -0.883. The first kappa shape index (κ1) is 21.4. The van der Waals surface area contributed by atoms with E-state index in [1.54, 1.807) is 21.9 Å². The molecule has 3 heterocycles. The smallest absolute Gasteiger partial charge is 0.414 e. The number of aryl methyl sites for hydroxylation is 1. The summed E-state index contributed by atoms with van der Waals surface area (Å²) in [4.78, 5) is 26.9. The zero-order valence-electron chi connectivity index (χ0n) is 17.6. The lowest BCUT2D eigenvalue weighted by atomic mass is 10.0. The van der Waals surface area contributed by atoms with Crippen LogP contribution in [0.5, 0.6) is 0 Å². The highest BCUT2D eigenvalue weighted by atomic mass is 16.6. The van der Waals surface area contributed by atoms with Crippen molar-refractivity contribution in [1.82, 2.24) is 15.0 Å². The molecule has 2 aliphatic rings. The van der Waals surface area contributed by atoms with Gasteiger partial charge in [-0.05, 0) is 37.1 Å². The maximum absolute atomic E-state index is 12.4. The standard InChI is InChI=1S/C22H24N6O4/c23-10-7-16-8-11-26(12-9-16)18-2-4-19(5-3-18)28-15-20(32-22(28)31)14-27-13-17(24-25-27)1-6-21(29)30/h2-5,7,13,20H,1,6,8-9,11-12,14-15H2,(H,29,30)/t20-/m1/s1. The molecule has 1 aromatic heterocycles. The predicted molar refractivity (Wildman–Crippen MR) is 115 cm³/mol. The second-order valence-corrected chi connectivity index (χ2v) is 7.88. The van der Waals surface area contributed by atoms with Gasteiger partial charge in [0.15, 0.2) is 0 Å². The summed E-state index contributed by atoms with van der Waals surface area (Å²) in [6.07, 6.45) is 4.63. The molecule has 2 aliphatic heterocycles. The molecule has 1 N–H and O–H groups in total. The third-order valence-electron chi connectivity index (χ3n) is 5.65. The Morgan fingerprint density at radius 3 is 2.66 bits per heavy atom. The number of amides is 1. The van der Waals surface area contributed by atoms with Crippen molar-refractivity contribution in [1.29, 1.82) is 5.26 Å². The van der Waals surface area contributed by atoms with E-state index in [1.807, 2.05) is 24.3 Å². The molecule has 1 atom stereocenters. The Morgan fingerprint density at radius 2 is 1.97 bits per heavy atom. The normalized spacial score (nSPS) is 18.4. The lowest BCUT2D eigenvalue weighted by Gasteiger charge is -2.30. The number of allylic oxidation sites excluding steroid dienone is 1. The number of aromatic nitrogens is 3. The number of hydrogen-bond donors (Lipinski definition) is 1. The third-order valence-corrected chi connectivity index (χ3v) is 5.65. The van der Waals surface area contributed by atoms with Crippen LogP contribution in [-0.4, -0.2) is 57.9 Å². The number of nitrogens with zero attached hydrogens (tertiary/aromatic N) is 6. The molecule has 1 aromatic carbocycles. The van der Waals surface area contributed by atoms with Gasteiger partial charge in [0.1, 0.15) is 6.10 Å². The Bertz CT molecular complexity index is 1050. The van der Waals surface area contributed by atoms with Gasteiger partial charge in [-0.1, -0.05) is 10.8 Å². The number of cyclic esters (lactones) is 1. The lowest BCUT2D eigenvalue weighted by molar-refractivity contribution is -0.136. The number of ether oxygens (including phenoxy) is 1. The fraction of sp³-hybridized carbons (Fsp3) is 0.409. The molecule has 0 spiro atoms. The fourth-order valence-electron chi connectivity index (χ4n) is 3.94. The van der Waals surface area contributed by atoms with Gasteiger partial charge in [-0.25, -0.2) is 9.48 Å². The third kappa shape index (κ3) is 5.06. The molecule has 2 fully saturated rings. The van der Waals surface area contributed by atoms with Gasteiger partial charge in [-0.15, -0.1) is 5.10 Å². The number of carboxylic acids is 1. The second-order valence-electron chi connectivity index (χ2n) is 7.88. The Morgan fingerprint density at radius 1 is 1.25 bits per heavy atom. The van der Waals surface area contributed by atoms with Crippen LogP contribution in [0.25, 0.3) is 0 Å². The van der Waals surface area contributed by atoms with Crippen molar-refractivity contribution in [2.75, 3.05) is 29.4 Å². The number of hydrogen-bond acceptors (Lipinski definition) is 7. The zero-order valence-corrected chi connectivity index (χ0v) is 17.6. The zero-order chi connectivity index (χ0) is 22.5. The molecule has 10 nitrogen and oxygen atoms in total. The van der Waals surface area contributed by atoms with Crippen molar-refractivity contribution >= 4 is 23.4 Å². The minimum Gasteiger partial charge on any atom is -0.481 e. The van der Waals surface area contributed by atoms with Crippen LogP contribution >= 0.6 is 0 Å². The first-order valence-electron chi connectivity index (χ1n) is 10.5. The van der Waals surface area contributed by atoms with Crippen LogP contribution in [0.3, 0.4) is 0 Å². The lowest BCUT2D eigenvalue weighted by Crippen LogP contribution is -2.30. The van der Waals surface area contributed by atoms with E-state index in [0.717, 1.165) is 37.3 Å². The van der Waals surface area contributed by atoms with Crippen molar-refractivity contribution in [3.05, 3.63) is 47.8 Å². The van der Waals surface area contributed by atoms with Gasteiger partial charge in [0, 0.05) is 43.2 Å². The van der Waals surface area contributed by atoms with Crippen molar-refractivity contribution in [2.45, 2.75) is 38.3 Å². The van der Waals surface area contributed by atoms with Gasteiger partial charge in [0.2, 0.25) is 0 Å². The van der Waals surface area contributed by atoms with Crippen molar-refractivity contribution in [3.63, 3.8) is 0 Å². The average molecular weight is 436 g/mol. The predicted octanol–water partition coefficient (Wildman–Crippen LogP) is 2.37. The summed E-state index contributed by atoms with van der Waals surface area (Å²) in [5.41, 5.74) is 3.64. The number of aliphatic carboxylic acids is 1. The number of carboxylic acid groups (broad SMARTS) is 1. The molecule has 2 saturated heterocycles. The van der Waals surface area contributed by atoms with E-state index in [-0.39, 0.29) is 12.5 Å². The summed E-state index contributed by atoms with van der Waals surface area (Å²) in [7, 11) is 0. The molecular formula is C22H24N6O4. The summed E-state index contributed by atoms with van der Waals surface area (Å²) in [5, 5.41) is 25.5. The molecule has 0 saturated carbocycles. The maximum Gasteiger partial charge on any atom is 0.414 e. The molecule has 0 bridgehead atoms. The molecule has 0 aliphatic carbocycles.